The number of hydrogen-bond donors (Lipinski definition) is 2. The molecule has 2 N–H and O–H groups in total. The van der Waals surface area contributed by atoms with Crippen molar-refractivity contribution in [3.8, 4) is 0 Å². The SMILES string of the molecule is CC(C)C[C@H]1CC(=O)N[C@@H](CC(C)C)CN1. The molecule has 3 heteroatoms. The molecule has 1 rings (SSSR count). The molecule has 16 heavy (non-hydrogen) atoms. The van der Waals surface area contributed by atoms with Crippen LogP contribution < -0.4 is 10.6 Å². The average Bonchev–Trinajstić information content (AvgIpc) is 2.25. The summed E-state index contributed by atoms with van der Waals surface area (Å²) in [5.41, 5.74) is 0. The third-order valence-corrected chi connectivity index (χ3v) is 2.96. The molecule has 0 unspecified atom stereocenters. The molecule has 1 fully saturated rings. The maximum Gasteiger partial charge on any atom is 0.221 e. The van der Waals surface area contributed by atoms with Gasteiger partial charge in [-0.1, -0.05) is 27.7 Å². The standard InChI is InChI=1S/C13H26N2O/c1-9(2)5-11-7-13(16)15-12(8-14-11)6-10(3)4/h9-12,14H,5-8H2,1-4H3,(H,15,16)/t11-,12-/m0/s1. The van der Waals surface area contributed by atoms with Gasteiger partial charge in [-0.2, -0.15) is 0 Å². The molecule has 1 aliphatic rings. The van der Waals surface area contributed by atoms with Crippen LogP contribution in [0.15, 0.2) is 0 Å². The van der Waals surface area contributed by atoms with E-state index in [2.05, 4.69) is 38.3 Å². The van der Waals surface area contributed by atoms with Gasteiger partial charge in [-0.25, -0.2) is 0 Å². The van der Waals surface area contributed by atoms with Gasteiger partial charge in [-0.3, -0.25) is 4.79 Å². The van der Waals surface area contributed by atoms with E-state index in [9.17, 15) is 4.79 Å². The molecule has 0 bridgehead atoms. The molecule has 0 spiro atoms. The van der Waals surface area contributed by atoms with Gasteiger partial charge in [0.05, 0.1) is 0 Å². The van der Waals surface area contributed by atoms with E-state index in [1.807, 2.05) is 0 Å². The monoisotopic (exact) mass is 226 g/mol. The van der Waals surface area contributed by atoms with Crippen LogP contribution >= 0.6 is 0 Å². The predicted octanol–water partition coefficient (Wildman–Crippen LogP) is 1.93. The third-order valence-electron chi connectivity index (χ3n) is 2.96. The summed E-state index contributed by atoms with van der Waals surface area (Å²) in [6.45, 7) is 9.72. The molecule has 0 aromatic heterocycles. The number of carbonyl (C=O) groups is 1. The van der Waals surface area contributed by atoms with Crippen molar-refractivity contribution in [2.24, 2.45) is 11.8 Å². The Morgan fingerprint density at radius 1 is 1.12 bits per heavy atom. The van der Waals surface area contributed by atoms with Crippen molar-refractivity contribution in [1.82, 2.24) is 10.6 Å². The summed E-state index contributed by atoms with van der Waals surface area (Å²) in [6.07, 6.45) is 2.78. The Labute approximate surface area is 99.4 Å². The average molecular weight is 226 g/mol. The van der Waals surface area contributed by atoms with E-state index >= 15 is 0 Å². The second kappa shape index (κ2) is 6.24. The summed E-state index contributed by atoms with van der Waals surface area (Å²) in [6, 6.07) is 0.668. The fourth-order valence-corrected chi connectivity index (χ4v) is 2.39. The quantitative estimate of drug-likeness (QED) is 0.769. The molecular formula is C13H26N2O. The van der Waals surface area contributed by atoms with Crippen LogP contribution in [0.1, 0.15) is 47.0 Å². The summed E-state index contributed by atoms with van der Waals surface area (Å²) < 4.78 is 0. The summed E-state index contributed by atoms with van der Waals surface area (Å²) in [4.78, 5) is 11.7. The van der Waals surface area contributed by atoms with E-state index < -0.39 is 0 Å². The van der Waals surface area contributed by atoms with Crippen molar-refractivity contribution in [2.75, 3.05) is 6.54 Å². The Bertz CT molecular complexity index is 204. The first-order valence-corrected chi connectivity index (χ1v) is 6.50. The Kier molecular flexibility index (Phi) is 5.26. The van der Waals surface area contributed by atoms with Crippen LogP contribution in [0, 0.1) is 11.8 Å². The van der Waals surface area contributed by atoms with Gasteiger partial charge in [0.25, 0.3) is 0 Å². The summed E-state index contributed by atoms with van der Waals surface area (Å²) in [5.74, 6) is 1.49. The molecule has 0 saturated carbocycles. The lowest BCUT2D eigenvalue weighted by atomic mass is 10.0. The van der Waals surface area contributed by atoms with E-state index in [0.717, 1.165) is 19.4 Å². The van der Waals surface area contributed by atoms with Gasteiger partial charge in [-0.05, 0) is 24.7 Å². The second-order valence-electron chi connectivity index (χ2n) is 5.83. The number of nitrogens with one attached hydrogen (secondary N) is 2. The number of amides is 1. The smallest absolute Gasteiger partial charge is 0.221 e. The van der Waals surface area contributed by atoms with Gasteiger partial charge >= 0.3 is 0 Å². The molecule has 0 aromatic rings. The van der Waals surface area contributed by atoms with Crippen LogP contribution in [0.2, 0.25) is 0 Å². The lowest BCUT2D eigenvalue weighted by Crippen LogP contribution is -2.39. The predicted molar refractivity (Wildman–Crippen MR) is 67.2 cm³/mol. The highest BCUT2D eigenvalue weighted by Gasteiger charge is 2.23. The first-order valence-electron chi connectivity index (χ1n) is 6.50. The van der Waals surface area contributed by atoms with E-state index in [1.54, 1.807) is 0 Å². The summed E-state index contributed by atoms with van der Waals surface area (Å²) >= 11 is 0. The van der Waals surface area contributed by atoms with Crippen molar-refractivity contribution >= 4 is 5.91 Å². The van der Waals surface area contributed by atoms with Crippen molar-refractivity contribution in [3.63, 3.8) is 0 Å². The Hall–Kier alpha value is -0.570. The first-order chi connectivity index (χ1) is 7.47. The zero-order valence-corrected chi connectivity index (χ0v) is 11.0. The minimum Gasteiger partial charge on any atom is -0.352 e. The molecular weight excluding hydrogens is 200 g/mol. The van der Waals surface area contributed by atoms with Crippen LogP contribution in [0.4, 0.5) is 0 Å². The normalized spacial score (nSPS) is 27.0. The maximum atomic E-state index is 11.7. The fraction of sp³-hybridized carbons (Fsp3) is 0.923. The molecule has 1 aliphatic heterocycles. The number of rotatable bonds is 4. The molecule has 2 atom stereocenters. The lowest BCUT2D eigenvalue weighted by molar-refractivity contribution is -0.121. The Balaban J connectivity index is 2.45. The van der Waals surface area contributed by atoms with Gasteiger partial charge in [-0.15, -0.1) is 0 Å². The van der Waals surface area contributed by atoms with Crippen LogP contribution in [-0.4, -0.2) is 24.5 Å². The maximum absolute atomic E-state index is 11.7. The lowest BCUT2D eigenvalue weighted by Gasteiger charge is -2.19. The Morgan fingerprint density at radius 3 is 2.25 bits per heavy atom. The van der Waals surface area contributed by atoms with Crippen LogP contribution in [0.25, 0.3) is 0 Å². The van der Waals surface area contributed by atoms with Crippen molar-refractivity contribution < 1.29 is 4.79 Å². The van der Waals surface area contributed by atoms with E-state index in [1.165, 1.54) is 0 Å². The molecule has 0 aliphatic carbocycles. The largest absolute Gasteiger partial charge is 0.352 e. The van der Waals surface area contributed by atoms with E-state index in [0.29, 0.717) is 30.3 Å². The molecule has 1 heterocycles. The second-order valence-corrected chi connectivity index (χ2v) is 5.83. The van der Waals surface area contributed by atoms with Gasteiger partial charge in [0, 0.05) is 25.0 Å². The summed E-state index contributed by atoms with van der Waals surface area (Å²) in [7, 11) is 0. The third kappa shape index (κ3) is 4.97. The molecule has 0 aromatic carbocycles. The first kappa shape index (κ1) is 13.5. The zero-order valence-electron chi connectivity index (χ0n) is 11.0. The van der Waals surface area contributed by atoms with Gasteiger partial charge in [0.15, 0.2) is 0 Å². The Morgan fingerprint density at radius 2 is 1.69 bits per heavy atom. The molecule has 1 amide bonds. The molecule has 0 radical (unpaired) electrons. The fourth-order valence-electron chi connectivity index (χ4n) is 2.39. The van der Waals surface area contributed by atoms with Gasteiger partial charge < -0.3 is 10.6 Å². The molecule has 94 valence electrons. The summed E-state index contributed by atoms with van der Waals surface area (Å²) in [5, 5.41) is 6.63. The van der Waals surface area contributed by atoms with Crippen molar-refractivity contribution in [2.45, 2.75) is 59.0 Å². The minimum absolute atomic E-state index is 0.210. The zero-order chi connectivity index (χ0) is 12.1. The van der Waals surface area contributed by atoms with Crippen LogP contribution in [0.3, 0.4) is 0 Å². The highest BCUT2D eigenvalue weighted by atomic mass is 16.1. The molecule has 3 nitrogen and oxygen atoms in total. The number of hydrogen-bond acceptors (Lipinski definition) is 2. The van der Waals surface area contributed by atoms with E-state index in [4.69, 9.17) is 0 Å². The number of carbonyl (C=O) groups excluding carboxylic acids is 1. The topological polar surface area (TPSA) is 41.1 Å². The highest BCUT2D eigenvalue weighted by Crippen LogP contribution is 2.12. The molecule has 1 saturated heterocycles. The van der Waals surface area contributed by atoms with Crippen molar-refractivity contribution in [3.05, 3.63) is 0 Å². The van der Waals surface area contributed by atoms with Crippen LogP contribution in [0.5, 0.6) is 0 Å². The van der Waals surface area contributed by atoms with E-state index in [-0.39, 0.29) is 5.91 Å². The van der Waals surface area contributed by atoms with Gasteiger partial charge in [0.1, 0.15) is 0 Å². The minimum atomic E-state index is 0.210. The van der Waals surface area contributed by atoms with Crippen molar-refractivity contribution in [1.29, 1.82) is 0 Å². The van der Waals surface area contributed by atoms with Gasteiger partial charge in [0.2, 0.25) is 5.91 Å². The van der Waals surface area contributed by atoms with Crippen LogP contribution in [-0.2, 0) is 4.79 Å². The highest BCUT2D eigenvalue weighted by molar-refractivity contribution is 5.77.